The molecule has 18 nitrogen and oxygen atoms in total. The van der Waals surface area contributed by atoms with E-state index in [2.05, 4.69) is 52.0 Å². The Balaban J connectivity index is 0.853. The van der Waals surface area contributed by atoms with Crippen molar-refractivity contribution in [1.29, 1.82) is 0 Å². The van der Waals surface area contributed by atoms with E-state index in [0.717, 1.165) is 63.2 Å². The number of aromatic amines is 1. The van der Waals surface area contributed by atoms with Gasteiger partial charge in [-0.1, -0.05) is 76.2 Å². The Hall–Kier alpha value is -7.37. The fourth-order valence-electron chi connectivity index (χ4n) is 10.1. The highest BCUT2D eigenvalue weighted by Gasteiger charge is 2.45. The zero-order chi connectivity index (χ0) is 51.0. The second-order valence-electron chi connectivity index (χ2n) is 20.8. The lowest BCUT2D eigenvalue weighted by Crippen LogP contribution is -2.54. The smallest absolute Gasteiger partial charge is 0.410 e. The van der Waals surface area contributed by atoms with Gasteiger partial charge in [0.15, 0.2) is 11.5 Å². The number of ether oxygens (including phenoxy) is 5. The second kappa shape index (κ2) is 20.4. The van der Waals surface area contributed by atoms with E-state index in [1.807, 2.05) is 58.2 Å². The third-order valence-electron chi connectivity index (χ3n) is 13.9. The van der Waals surface area contributed by atoms with Crippen LogP contribution in [0.15, 0.2) is 78.1 Å². The molecule has 0 radical (unpaired) electrons. The maximum Gasteiger partial charge on any atom is 0.410 e. The minimum absolute atomic E-state index is 0.126. The summed E-state index contributed by atoms with van der Waals surface area (Å²) in [5.41, 5.74) is 7.75. The molecule has 2 fully saturated rings. The SMILES string of the molecule is COC(=O)N[C@H](C(=O)N1CCC[C@H]1c1ncc(-c2ccc(-c3ccc(C4=CN=C(C5C[C@@H](OC(=O)N6Cc7cc8c(cc7C6)OCO8)CN5C(=O)[C@@H](NC(=O)OC(C)(C)C)C(C)C)C4)cc3)cc2)[nH]1)C(C)C. The normalized spacial score (nSPS) is 20.0. The number of carbonyl (C=O) groups is 5. The fourth-order valence-corrected chi connectivity index (χ4v) is 10.1. The predicted molar refractivity (Wildman–Crippen MR) is 268 cm³/mol. The van der Waals surface area contributed by atoms with Gasteiger partial charge in [0.2, 0.25) is 18.6 Å². The number of hydrogen-bond donors (Lipinski definition) is 3. The number of aromatic nitrogens is 2. The van der Waals surface area contributed by atoms with Gasteiger partial charge in [0.1, 0.15) is 29.6 Å². The first-order valence-corrected chi connectivity index (χ1v) is 24.8. The third kappa shape index (κ3) is 10.6. The van der Waals surface area contributed by atoms with Crippen LogP contribution in [0.5, 0.6) is 11.5 Å². The molecule has 18 heteroatoms. The summed E-state index contributed by atoms with van der Waals surface area (Å²) in [5, 5.41) is 5.51. The van der Waals surface area contributed by atoms with E-state index in [-0.39, 0.29) is 43.0 Å². The molecule has 4 aromatic rings. The van der Waals surface area contributed by atoms with Crippen molar-refractivity contribution in [3.63, 3.8) is 0 Å². The van der Waals surface area contributed by atoms with Crippen molar-refractivity contribution in [1.82, 2.24) is 35.3 Å². The van der Waals surface area contributed by atoms with Crippen LogP contribution in [0.25, 0.3) is 28.0 Å². The first-order chi connectivity index (χ1) is 34.4. The number of allylic oxidation sites excluding steroid dienone is 1. The van der Waals surface area contributed by atoms with Crippen LogP contribution >= 0.6 is 0 Å². The number of methoxy groups -OCH3 is 1. The minimum atomic E-state index is -0.897. The van der Waals surface area contributed by atoms with Gasteiger partial charge in [-0.2, -0.15) is 0 Å². The minimum Gasteiger partial charge on any atom is -0.454 e. The number of H-pyrrole nitrogens is 1. The molecule has 6 heterocycles. The van der Waals surface area contributed by atoms with Crippen molar-refractivity contribution in [2.45, 2.75) is 123 Å². The molecule has 1 unspecified atom stereocenters. The van der Waals surface area contributed by atoms with Gasteiger partial charge in [0, 0.05) is 44.4 Å². The van der Waals surface area contributed by atoms with Crippen LogP contribution in [0.1, 0.15) is 103 Å². The molecule has 5 aliphatic heterocycles. The van der Waals surface area contributed by atoms with Gasteiger partial charge < -0.3 is 49.1 Å². The average molecular weight is 985 g/mol. The Morgan fingerprint density at radius 1 is 0.778 bits per heavy atom. The molecular weight excluding hydrogens is 921 g/mol. The molecule has 72 heavy (non-hydrogen) atoms. The number of imidazole rings is 1. The number of fused-ring (bicyclic) bond motifs is 2. The first-order valence-electron chi connectivity index (χ1n) is 24.8. The van der Waals surface area contributed by atoms with Gasteiger partial charge in [-0.05, 0) is 96.5 Å². The van der Waals surface area contributed by atoms with Gasteiger partial charge in [-0.25, -0.2) is 19.4 Å². The number of benzene rings is 3. The lowest BCUT2D eigenvalue weighted by molar-refractivity contribution is -0.136. The van der Waals surface area contributed by atoms with Gasteiger partial charge in [0.05, 0.1) is 37.6 Å². The highest BCUT2D eigenvalue weighted by molar-refractivity contribution is 6.04. The first kappa shape index (κ1) is 49.6. The quantitative estimate of drug-likeness (QED) is 0.115. The average Bonchev–Trinajstić information content (AvgIpc) is 4.22. The summed E-state index contributed by atoms with van der Waals surface area (Å²) in [6.45, 7) is 14.4. The van der Waals surface area contributed by atoms with E-state index >= 15 is 0 Å². The molecule has 0 bridgehead atoms. The number of rotatable bonds is 12. The number of amides is 5. The topological polar surface area (TPSA) is 206 Å². The zero-order valence-electron chi connectivity index (χ0n) is 42.2. The maximum absolute atomic E-state index is 14.6. The molecule has 5 atom stereocenters. The highest BCUT2D eigenvalue weighted by atomic mass is 16.7. The van der Waals surface area contributed by atoms with Crippen molar-refractivity contribution in [2.24, 2.45) is 16.8 Å². The Morgan fingerprint density at radius 2 is 1.36 bits per heavy atom. The largest absolute Gasteiger partial charge is 0.454 e. The molecule has 0 saturated carbocycles. The van der Waals surface area contributed by atoms with E-state index in [1.54, 1.807) is 41.7 Å². The van der Waals surface area contributed by atoms with E-state index in [0.29, 0.717) is 49.8 Å². The molecule has 3 N–H and O–H groups in total. The van der Waals surface area contributed by atoms with E-state index in [9.17, 15) is 24.0 Å². The van der Waals surface area contributed by atoms with E-state index in [1.165, 1.54) is 7.11 Å². The molecule has 1 aromatic heterocycles. The van der Waals surface area contributed by atoms with Crippen LogP contribution in [0.2, 0.25) is 0 Å². The molecular formula is C54H64N8O10. The molecule has 2 saturated heterocycles. The maximum atomic E-state index is 14.6. The standard InChI is InChI=1S/C54H64N8O10/c1-30(2)46(58-51(65)68-8)49(63)61-19-9-10-42(61)48-56-25-41(57-48)35-17-15-33(16-18-35)32-11-13-34(14-12-32)36-20-40(55-24-36)43-23-39(28-62(43)50(64)47(31(3)4)59-52(66)72-54(5,6)7)71-53(67)60-26-37-21-44-45(70-29-69-44)22-38(37)27-60/h11-18,21-22,24-25,30-31,39,42-43,46-47H,9-10,19-20,23,26-29H2,1-8H3,(H,56,57)(H,58,65)(H,59,66)/t39-,42+,43?,46+,47+/m1/s1. The van der Waals surface area contributed by atoms with E-state index < -0.39 is 48.1 Å². The number of carbonyl (C=O) groups excluding carboxylic acids is 5. The molecule has 3 aromatic carbocycles. The van der Waals surface area contributed by atoms with Crippen LogP contribution in [0.4, 0.5) is 14.4 Å². The lowest BCUT2D eigenvalue weighted by Gasteiger charge is -2.31. The van der Waals surface area contributed by atoms with Crippen molar-refractivity contribution in [2.75, 3.05) is 27.0 Å². The molecule has 0 aliphatic carbocycles. The van der Waals surface area contributed by atoms with Crippen molar-refractivity contribution < 1.29 is 47.7 Å². The van der Waals surface area contributed by atoms with Gasteiger partial charge in [-0.15, -0.1) is 0 Å². The van der Waals surface area contributed by atoms with Crippen molar-refractivity contribution >= 4 is 41.4 Å². The summed E-state index contributed by atoms with van der Waals surface area (Å²) in [6.07, 6.45) is 3.61. The number of nitrogens with zero attached hydrogens (tertiary/aromatic N) is 5. The highest BCUT2D eigenvalue weighted by Crippen LogP contribution is 2.39. The van der Waals surface area contributed by atoms with Gasteiger partial charge in [-0.3, -0.25) is 19.5 Å². The summed E-state index contributed by atoms with van der Waals surface area (Å²) < 4.78 is 27.6. The summed E-state index contributed by atoms with van der Waals surface area (Å²) >= 11 is 0. The number of aliphatic imine (C=N–C) groups is 1. The second-order valence-corrected chi connectivity index (χ2v) is 20.8. The Labute approximate surface area is 419 Å². The number of alkyl carbamates (subject to hydrolysis) is 2. The summed E-state index contributed by atoms with van der Waals surface area (Å²) in [5.74, 6) is 1.16. The predicted octanol–water partition coefficient (Wildman–Crippen LogP) is 8.37. The number of likely N-dealkylation sites (tertiary alicyclic amines) is 2. The zero-order valence-corrected chi connectivity index (χ0v) is 42.2. The molecule has 380 valence electrons. The van der Waals surface area contributed by atoms with Gasteiger partial charge in [0.25, 0.3) is 0 Å². The molecule has 5 amide bonds. The molecule has 0 spiro atoms. The van der Waals surface area contributed by atoms with Crippen LogP contribution in [-0.4, -0.2) is 117 Å². The Morgan fingerprint density at radius 3 is 1.96 bits per heavy atom. The third-order valence-corrected chi connectivity index (χ3v) is 13.9. The number of hydrogen-bond acceptors (Lipinski definition) is 12. The fraction of sp³-hybridized carbons (Fsp3) is 0.463. The van der Waals surface area contributed by atoms with Crippen LogP contribution < -0.4 is 20.1 Å². The Bertz CT molecular complexity index is 2740. The van der Waals surface area contributed by atoms with Gasteiger partial charge >= 0.3 is 18.3 Å². The van der Waals surface area contributed by atoms with Crippen molar-refractivity contribution in [3.8, 4) is 33.9 Å². The molecule has 9 rings (SSSR count). The van der Waals surface area contributed by atoms with Crippen LogP contribution in [0, 0.1) is 11.8 Å². The van der Waals surface area contributed by atoms with Crippen LogP contribution in [0.3, 0.4) is 0 Å². The monoisotopic (exact) mass is 984 g/mol. The van der Waals surface area contributed by atoms with Crippen LogP contribution in [-0.2, 0) is 36.9 Å². The lowest BCUT2D eigenvalue weighted by atomic mass is 9.95. The summed E-state index contributed by atoms with van der Waals surface area (Å²) in [6, 6.07) is 18.0. The number of nitrogens with one attached hydrogen (secondary N) is 3. The van der Waals surface area contributed by atoms with E-state index in [4.69, 9.17) is 33.7 Å². The molecule has 5 aliphatic rings. The van der Waals surface area contributed by atoms with Crippen molar-refractivity contribution in [3.05, 3.63) is 95.6 Å². The Kier molecular flexibility index (Phi) is 14.0. The summed E-state index contributed by atoms with van der Waals surface area (Å²) in [7, 11) is 1.28. The summed E-state index contributed by atoms with van der Waals surface area (Å²) in [4.78, 5) is 85.1.